The van der Waals surface area contributed by atoms with E-state index in [0.29, 0.717) is 12.5 Å². The van der Waals surface area contributed by atoms with Crippen molar-refractivity contribution < 1.29 is 14.6 Å². The van der Waals surface area contributed by atoms with Crippen LogP contribution in [0.2, 0.25) is 0 Å². The van der Waals surface area contributed by atoms with Crippen LogP contribution < -0.4 is 9.64 Å². The first kappa shape index (κ1) is 13.6. The molecule has 1 aromatic heterocycles. The molecule has 0 spiro atoms. The number of aliphatic carboxylic acids is 1. The molecule has 1 aliphatic rings. The smallest absolute Gasteiger partial charge is 0.305 e. The summed E-state index contributed by atoms with van der Waals surface area (Å²) in [5.41, 5.74) is 0. The number of nitrogens with zero attached hydrogens (tertiary/aromatic N) is 3. The number of hydrogen-bond acceptors (Lipinski definition) is 5. The largest absolute Gasteiger partial charge is 0.481 e. The lowest BCUT2D eigenvalue weighted by Crippen LogP contribution is -2.41. The van der Waals surface area contributed by atoms with Crippen LogP contribution in [-0.2, 0) is 4.79 Å². The second kappa shape index (κ2) is 6.36. The molecule has 0 aliphatic carbocycles. The minimum atomic E-state index is -0.768. The summed E-state index contributed by atoms with van der Waals surface area (Å²) >= 11 is 0. The third-order valence-corrected chi connectivity index (χ3v) is 3.25. The molecule has 1 atom stereocenters. The second-order valence-electron chi connectivity index (χ2n) is 4.59. The molecule has 1 aliphatic heterocycles. The number of hydrogen-bond donors (Lipinski definition) is 1. The number of ether oxygens (including phenoxy) is 1. The average molecular weight is 265 g/mol. The maximum atomic E-state index is 10.9. The zero-order chi connectivity index (χ0) is 13.7. The highest BCUT2D eigenvalue weighted by atomic mass is 16.5. The van der Waals surface area contributed by atoms with Crippen LogP contribution in [0.5, 0.6) is 5.88 Å². The number of aromatic nitrogens is 2. The SMILES string of the molecule is CCOc1cc(N2CCCCC2CC(=O)O)ncn1. The highest BCUT2D eigenvalue weighted by Crippen LogP contribution is 2.26. The van der Waals surface area contributed by atoms with Gasteiger partial charge in [-0.1, -0.05) is 0 Å². The Morgan fingerprint density at radius 2 is 2.37 bits per heavy atom. The number of rotatable bonds is 5. The summed E-state index contributed by atoms with van der Waals surface area (Å²) in [6, 6.07) is 1.79. The van der Waals surface area contributed by atoms with Gasteiger partial charge in [-0.05, 0) is 26.2 Å². The molecule has 1 saturated heterocycles. The summed E-state index contributed by atoms with van der Waals surface area (Å²) in [5, 5.41) is 8.99. The third kappa shape index (κ3) is 3.56. The minimum absolute atomic E-state index is 0.00984. The van der Waals surface area contributed by atoms with Gasteiger partial charge in [0.2, 0.25) is 5.88 Å². The van der Waals surface area contributed by atoms with E-state index in [4.69, 9.17) is 9.84 Å². The molecule has 1 fully saturated rings. The summed E-state index contributed by atoms with van der Waals surface area (Å²) in [4.78, 5) is 21.3. The fraction of sp³-hybridized carbons (Fsp3) is 0.615. The van der Waals surface area contributed by atoms with Gasteiger partial charge in [0.05, 0.1) is 13.0 Å². The van der Waals surface area contributed by atoms with Crippen LogP contribution in [0.3, 0.4) is 0 Å². The molecule has 0 radical (unpaired) electrons. The van der Waals surface area contributed by atoms with E-state index in [1.807, 2.05) is 6.92 Å². The topological polar surface area (TPSA) is 75.5 Å². The van der Waals surface area contributed by atoms with Crippen LogP contribution in [0.4, 0.5) is 5.82 Å². The number of piperidine rings is 1. The maximum Gasteiger partial charge on any atom is 0.305 e. The molecule has 1 aromatic rings. The van der Waals surface area contributed by atoms with Gasteiger partial charge in [-0.2, -0.15) is 0 Å². The molecule has 104 valence electrons. The minimum Gasteiger partial charge on any atom is -0.481 e. The van der Waals surface area contributed by atoms with Gasteiger partial charge >= 0.3 is 5.97 Å². The number of anilines is 1. The second-order valence-corrected chi connectivity index (χ2v) is 4.59. The highest BCUT2D eigenvalue weighted by Gasteiger charge is 2.26. The van der Waals surface area contributed by atoms with Crippen molar-refractivity contribution in [2.24, 2.45) is 0 Å². The molecule has 6 nitrogen and oxygen atoms in total. The summed E-state index contributed by atoms with van der Waals surface area (Å²) in [5.74, 6) is 0.521. The average Bonchev–Trinajstić information content (AvgIpc) is 2.39. The van der Waals surface area contributed by atoms with Gasteiger partial charge in [0.25, 0.3) is 0 Å². The molecule has 0 saturated carbocycles. The third-order valence-electron chi connectivity index (χ3n) is 3.25. The van der Waals surface area contributed by atoms with Gasteiger partial charge in [-0.25, -0.2) is 9.97 Å². The highest BCUT2D eigenvalue weighted by molar-refractivity contribution is 5.68. The van der Waals surface area contributed by atoms with Crippen LogP contribution in [-0.4, -0.2) is 40.2 Å². The van der Waals surface area contributed by atoms with Crippen LogP contribution in [0.1, 0.15) is 32.6 Å². The molecule has 1 unspecified atom stereocenters. The van der Waals surface area contributed by atoms with E-state index in [1.54, 1.807) is 6.07 Å². The van der Waals surface area contributed by atoms with Gasteiger partial charge in [-0.15, -0.1) is 0 Å². The fourth-order valence-corrected chi connectivity index (χ4v) is 2.43. The Morgan fingerprint density at radius 1 is 1.53 bits per heavy atom. The zero-order valence-corrected chi connectivity index (χ0v) is 11.1. The normalized spacial score (nSPS) is 19.2. The summed E-state index contributed by atoms with van der Waals surface area (Å²) in [7, 11) is 0. The molecule has 1 N–H and O–H groups in total. The molecule has 19 heavy (non-hydrogen) atoms. The van der Waals surface area contributed by atoms with Gasteiger partial charge in [0.15, 0.2) is 0 Å². The van der Waals surface area contributed by atoms with Crippen molar-refractivity contribution in [2.45, 2.75) is 38.6 Å². The molecule has 0 aromatic carbocycles. The number of carboxylic acid groups (broad SMARTS) is 1. The summed E-state index contributed by atoms with van der Waals surface area (Å²) < 4.78 is 5.36. The zero-order valence-electron chi connectivity index (χ0n) is 11.1. The first-order valence-electron chi connectivity index (χ1n) is 6.64. The number of carboxylic acids is 1. The van der Waals surface area contributed by atoms with Crippen molar-refractivity contribution in [3.05, 3.63) is 12.4 Å². The van der Waals surface area contributed by atoms with Crippen LogP contribution >= 0.6 is 0 Å². The van der Waals surface area contributed by atoms with Crippen molar-refractivity contribution in [3.8, 4) is 5.88 Å². The first-order valence-corrected chi connectivity index (χ1v) is 6.64. The van der Waals surface area contributed by atoms with E-state index in [0.717, 1.165) is 31.6 Å². The van der Waals surface area contributed by atoms with Crippen molar-refractivity contribution >= 4 is 11.8 Å². The van der Waals surface area contributed by atoms with Crippen molar-refractivity contribution in [1.29, 1.82) is 0 Å². The standard InChI is InChI=1S/C13H19N3O3/c1-2-19-12-8-11(14-9-15-12)16-6-4-3-5-10(16)7-13(17)18/h8-10H,2-7H2,1H3,(H,17,18). The van der Waals surface area contributed by atoms with E-state index < -0.39 is 5.97 Å². The van der Waals surface area contributed by atoms with Crippen LogP contribution in [0.25, 0.3) is 0 Å². The molecule has 0 bridgehead atoms. The fourth-order valence-electron chi connectivity index (χ4n) is 2.43. The van der Waals surface area contributed by atoms with E-state index >= 15 is 0 Å². The van der Waals surface area contributed by atoms with E-state index in [1.165, 1.54) is 6.33 Å². The van der Waals surface area contributed by atoms with Gasteiger partial charge in [0, 0.05) is 18.7 Å². The Hall–Kier alpha value is -1.85. The molecule has 0 amide bonds. The Bertz CT molecular complexity index is 439. The van der Waals surface area contributed by atoms with Gasteiger partial charge < -0.3 is 14.7 Å². The predicted octanol–water partition coefficient (Wildman–Crippen LogP) is 1.71. The van der Waals surface area contributed by atoms with E-state index in [-0.39, 0.29) is 12.5 Å². The predicted molar refractivity (Wildman–Crippen MR) is 70.4 cm³/mol. The Morgan fingerprint density at radius 3 is 3.11 bits per heavy atom. The molecular weight excluding hydrogens is 246 g/mol. The maximum absolute atomic E-state index is 10.9. The first-order chi connectivity index (χ1) is 9.20. The quantitative estimate of drug-likeness (QED) is 0.873. The van der Waals surface area contributed by atoms with Crippen molar-refractivity contribution in [1.82, 2.24) is 9.97 Å². The lowest BCUT2D eigenvalue weighted by molar-refractivity contribution is -0.137. The monoisotopic (exact) mass is 265 g/mol. The van der Waals surface area contributed by atoms with Crippen molar-refractivity contribution in [3.63, 3.8) is 0 Å². The lowest BCUT2D eigenvalue weighted by atomic mass is 9.99. The molecule has 6 heteroatoms. The van der Waals surface area contributed by atoms with E-state index in [2.05, 4.69) is 14.9 Å². The Balaban J connectivity index is 2.16. The summed E-state index contributed by atoms with van der Waals surface area (Å²) in [6.07, 6.45) is 4.63. The molecule has 2 rings (SSSR count). The Labute approximate surface area is 112 Å². The summed E-state index contributed by atoms with van der Waals surface area (Å²) in [6.45, 7) is 3.28. The lowest BCUT2D eigenvalue weighted by Gasteiger charge is -2.35. The van der Waals surface area contributed by atoms with Gasteiger partial charge in [0.1, 0.15) is 12.1 Å². The van der Waals surface area contributed by atoms with E-state index in [9.17, 15) is 4.79 Å². The van der Waals surface area contributed by atoms with Gasteiger partial charge in [-0.3, -0.25) is 4.79 Å². The van der Waals surface area contributed by atoms with Crippen LogP contribution in [0.15, 0.2) is 12.4 Å². The van der Waals surface area contributed by atoms with Crippen molar-refractivity contribution in [2.75, 3.05) is 18.1 Å². The number of carbonyl (C=O) groups is 1. The molecular formula is C13H19N3O3. The Kier molecular flexibility index (Phi) is 4.54. The van der Waals surface area contributed by atoms with Crippen LogP contribution in [0, 0.1) is 0 Å². The molecule has 2 heterocycles.